The van der Waals surface area contributed by atoms with Crippen LogP contribution in [0.2, 0.25) is 0 Å². The van der Waals surface area contributed by atoms with Gasteiger partial charge in [0.25, 0.3) is 5.91 Å². The average molecular weight is 884 g/mol. The summed E-state index contributed by atoms with van der Waals surface area (Å²) >= 11 is 0. The number of nitrogens with zero attached hydrogens (tertiary/aromatic N) is 1. The summed E-state index contributed by atoms with van der Waals surface area (Å²) in [6, 6.07) is -1.82. The lowest BCUT2D eigenvalue weighted by Gasteiger charge is -2.38. The number of rotatable bonds is 23. The Bertz CT molecular complexity index is 1660. The Balaban J connectivity index is 1.78. The molecule has 3 fully saturated rings. The van der Waals surface area contributed by atoms with Crippen LogP contribution in [-0.2, 0) is 42.9 Å². The monoisotopic (exact) mass is 884 g/mol. The number of carbonyl (C=O) groups is 6. The highest BCUT2D eigenvalue weighted by Crippen LogP contribution is 2.33. The number of esters is 1. The molecule has 14 heteroatoms. The van der Waals surface area contributed by atoms with Crippen molar-refractivity contribution in [3.05, 3.63) is 47.6 Å². The summed E-state index contributed by atoms with van der Waals surface area (Å²) in [4.78, 5) is 81.1. The second kappa shape index (κ2) is 26.7. The maximum Gasteiger partial charge on any atom is 0.404 e. The van der Waals surface area contributed by atoms with E-state index in [1.54, 1.807) is 40.9 Å². The predicted molar refractivity (Wildman–Crippen MR) is 241 cm³/mol. The van der Waals surface area contributed by atoms with E-state index in [0.717, 1.165) is 12.0 Å². The van der Waals surface area contributed by atoms with E-state index in [2.05, 4.69) is 13.0 Å². The number of allylic oxidation sites excluding steroid dienone is 6. The minimum absolute atomic E-state index is 0.0641. The number of nitrogens with two attached hydrogens (primary N) is 2. The van der Waals surface area contributed by atoms with Gasteiger partial charge in [-0.15, -0.1) is 0 Å². The maximum atomic E-state index is 14.2. The molecule has 3 unspecified atom stereocenters. The van der Waals surface area contributed by atoms with Gasteiger partial charge in [-0.25, -0.2) is 9.59 Å². The lowest BCUT2D eigenvalue weighted by molar-refractivity contribution is -0.169. The molecular formula is C49H77N3O11. The molecular weight excluding hydrogens is 807 g/mol. The van der Waals surface area contributed by atoms with Crippen LogP contribution in [0.25, 0.3) is 0 Å². The topological polar surface area (TPSA) is 215 Å². The fourth-order valence-electron chi connectivity index (χ4n) is 8.75. The molecule has 3 aliphatic rings. The minimum atomic E-state index is -1.06. The zero-order valence-corrected chi connectivity index (χ0v) is 39.1. The van der Waals surface area contributed by atoms with E-state index in [-0.39, 0.29) is 73.4 Å². The first kappa shape index (κ1) is 53.4. The first-order valence-corrected chi connectivity index (χ1v) is 23.2. The van der Waals surface area contributed by atoms with Gasteiger partial charge in [-0.1, -0.05) is 71.1 Å². The SMILES string of the molecule is CC/C=C/C=C/C=C(\C)[C@H](CC1CC[C@@H](C)C(C(=O)C(=O)N2CCCC[C@H]2C(=O)O[C@@H](CC(=O)C(C)/C=C(\C)[C@@H](O)CC(=O)C(C)C)[C@H](N)CC2CCC(OC(N)=O)CC2)O1)OC. The van der Waals surface area contributed by atoms with E-state index in [1.807, 2.05) is 38.2 Å². The molecule has 1 aliphatic carbocycles. The number of ether oxygens (including phenoxy) is 4. The van der Waals surface area contributed by atoms with Gasteiger partial charge in [0.2, 0.25) is 5.78 Å². The molecule has 9 atom stereocenters. The van der Waals surface area contributed by atoms with E-state index in [1.165, 1.54) is 4.90 Å². The van der Waals surface area contributed by atoms with Crippen LogP contribution in [0.5, 0.6) is 0 Å². The Morgan fingerprint density at radius 2 is 1.57 bits per heavy atom. The predicted octanol–water partition coefficient (Wildman–Crippen LogP) is 6.80. The Morgan fingerprint density at radius 1 is 0.873 bits per heavy atom. The molecule has 63 heavy (non-hydrogen) atoms. The van der Waals surface area contributed by atoms with Gasteiger partial charge in [0, 0.05) is 50.8 Å². The number of hydrogen-bond donors (Lipinski definition) is 3. The molecule has 2 amide bonds. The Morgan fingerprint density at radius 3 is 2.21 bits per heavy atom. The first-order valence-electron chi connectivity index (χ1n) is 23.2. The zero-order valence-electron chi connectivity index (χ0n) is 39.1. The number of primary amides is 1. The number of Topliss-reactive ketones (excluding diaryl/α,β-unsaturated/α-hetero) is 3. The van der Waals surface area contributed by atoms with Gasteiger partial charge in [0.15, 0.2) is 0 Å². The van der Waals surface area contributed by atoms with Crippen LogP contribution in [0.3, 0.4) is 0 Å². The van der Waals surface area contributed by atoms with Gasteiger partial charge < -0.3 is 40.4 Å². The number of ketones is 3. The Kier molecular flexibility index (Phi) is 22.6. The van der Waals surface area contributed by atoms with Crippen molar-refractivity contribution in [2.24, 2.45) is 35.1 Å². The van der Waals surface area contributed by atoms with E-state index in [0.29, 0.717) is 69.8 Å². The third kappa shape index (κ3) is 17.2. The zero-order chi connectivity index (χ0) is 46.8. The molecule has 5 N–H and O–H groups in total. The quantitative estimate of drug-likeness (QED) is 0.0419. The van der Waals surface area contributed by atoms with Crippen molar-refractivity contribution >= 4 is 35.3 Å². The van der Waals surface area contributed by atoms with Crippen LogP contribution < -0.4 is 11.5 Å². The smallest absolute Gasteiger partial charge is 0.404 e. The molecule has 2 heterocycles. The van der Waals surface area contributed by atoms with Crippen LogP contribution in [0.4, 0.5) is 4.79 Å². The average Bonchev–Trinajstić information content (AvgIpc) is 3.25. The highest BCUT2D eigenvalue weighted by molar-refractivity contribution is 6.38. The van der Waals surface area contributed by atoms with Gasteiger partial charge in [-0.2, -0.15) is 0 Å². The van der Waals surface area contributed by atoms with Gasteiger partial charge >= 0.3 is 12.1 Å². The van der Waals surface area contributed by atoms with Gasteiger partial charge in [-0.3, -0.25) is 19.2 Å². The van der Waals surface area contributed by atoms with Crippen LogP contribution in [0.1, 0.15) is 138 Å². The first-order chi connectivity index (χ1) is 29.9. The highest BCUT2D eigenvalue weighted by atomic mass is 16.6. The number of aliphatic hydroxyl groups excluding tert-OH is 1. The number of piperidine rings is 1. The maximum absolute atomic E-state index is 14.2. The van der Waals surface area contributed by atoms with E-state index >= 15 is 0 Å². The van der Waals surface area contributed by atoms with Gasteiger partial charge in [-0.05, 0) is 107 Å². The lowest BCUT2D eigenvalue weighted by atomic mass is 9.81. The summed E-state index contributed by atoms with van der Waals surface area (Å²) in [7, 11) is 1.64. The summed E-state index contributed by atoms with van der Waals surface area (Å²) in [5.41, 5.74) is 13.5. The Labute approximate surface area is 375 Å². The lowest BCUT2D eigenvalue weighted by Crippen LogP contribution is -2.55. The van der Waals surface area contributed by atoms with Crippen molar-refractivity contribution in [3.8, 4) is 0 Å². The van der Waals surface area contributed by atoms with Crippen molar-refractivity contribution in [1.82, 2.24) is 4.90 Å². The molecule has 1 saturated carbocycles. The van der Waals surface area contributed by atoms with E-state index in [4.69, 9.17) is 30.4 Å². The molecule has 0 spiro atoms. The molecule has 0 radical (unpaired) electrons. The summed E-state index contributed by atoms with van der Waals surface area (Å²) in [5.74, 6) is -3.66. The molecule has 3 rings (SSSR count). The summed E-state index contributed by atoms with van der Waals surface area (Å²) in [6.45, 7) is 13.0. The number of aliphatic hydroxyl groups is 1. The van der Waals surface area contributed by atoms with Crippen molar-refractivity contribution in [1.29, 1.82) is 0 Å². The molecule has 0 bridgehead atoms. The van der Waals surface area contributed by atoms with Gasteiger partial charge in [0.1, 0.15) is 35.9 Å². The third-order valence-electron chi connectivity index (χ3n) is 12.9. The molecule has 354 valence electrons. The fraction of sp³-hybridized carbons (Fsp3) is 0.714. The second-order valence-corrected chi connectivity index (χ2v) is 18.4. The molecule has 2 aliphatic heterocycles. The Hall–Kier alpha value is -3.98. The largest absolute Gasteiger partial charge is 0.459 e. The minimum Gasteiger partial charge on any atom is -0.459 e. The molecule has 14 nitrogen and oxygen atoms in total. The number of likely N-dealkylation sites (tertiary alicyclic amines) is 1. The number of methoxy groups -OCH3 is 1. The van der Waals surface area contributed by atoms with Gasteiger partial charge in [0.05, 0.1) is 18.3 Å². The normalized spacial score (nSPS) is 26.2. The van der Waals surface area contributed by atoms with Crippen molar-refractivity contribution in [2.75, 3.05) is 13.7 Å². The van der Waals surface area contributed by atoms with Crippen molar-refractivity contribution < 1.29 is 52.8 Å². The second-order valence-electron chi connectivity index (χ2n) is 18.4. The molecule has 2 saturated heterocycles. The van der Waals surface area contributed by atoms with E-state index in [9.17, 15) is 33.9 Å². The summed E-state index contributed by atoms with van der Waals surface area (Å²) in [6.07, 6.45) is 13.9. The molecule has 0 aromatic heterocycles. The van der Waals surface area contributed by atoms with E-state index < -0.39 is 60.1 Å². The third-order valence-corrected chi connectivity index (χ3v) is 12.9. The molecule has 0 aromatic rings. The summed E-state index contributed by atoms with van der Waals surface area (Å²) < 4.78 is 23.5. The van der Waals surface area contributed by atoms with Crippen LogP contribution in [0.15, 0.2) is 47.6 Å². The van der Waals surface area contributed by atoms with Crippen LogP contribution in [-0.4, -0.2) is 108 Å². The fourth-order valence-corrected chi connectivity index (χ4v) is 8.75. The standard InChI is InChI=1S/C49H77N3O11/c1-9-10-11-12-13-16-31(4)43(60-8)27-37-21-18-32(5)46(61-37)45(56)47(57)52-24-15-14-17-39(52)48(58)63-44(38(50)26-35-19-22-36(23-20-35)62-49(51)59)29-42(55)34(7)25-33(6)41(54)28-40(53)30(2)3/h10-13,16,25,30,32,34-39,41,43-44,46,54H,9,14-15,17-24,26-29,50H2,1-8H3,(H2,51,59)/b11-10+,13-12+,31-16+,33-25+/t32-,34?,35?,36?,37?,38-,39+,41+,43+,44+,46?/m1/s1. The number of hydrogen-bond acceptors (Lipinski definition) is 12. The van der Waals surface area contributed by atoms with Crippen molar-refractivity contribution in [3.63, 3.8) is 0 Å². The van der Waals surface area contributed by atoms with Crippen LogP contribution in [0, 0.1) is 23.7 Å². The molecule has 0 aromatic carbocycles. The number of amides is 2. The highest BCUT2D eigenvalue weighted by Gasteiger charge is 2.44. The van der Waals surface area contributed by atoms with Crippen molar-refractivity contribution in [2.45, 2.75) is 187 Å². The van der Waals surface area contributed by atoms with Crippen LogP contribution >= 0.6 is 0 Å². The number of carbonyl (C=O) groups excluding carboxylic acids is 6. The summed E-state index contributed by atoms with van der Waals surface area (Å²) in [5, 5.41) is 10.7.